The van der Waals surface area contributed by atoms with Crippen molar-refractivity contribution in [3.05, 3.63) is 82.0 Å². The second-order valence-corrected chi connectivity index (χ2v) is 6.62. The van der Waals surface area contributed by atoms with Gasteiger partial charge in [-0.3, -0.25) is 4.79 Å². The molecule has 0 fully saturated rings. The van der Waals surface area contributed by atoms with Gasteiger partial charge in [0, 0.05) is 15.6 Å². The lowest BCUT2D eigenvalue weighted by molar-refractivity contribution is 0.0526. The Kier molecular flexibility index (Phi) is 6.39. The van der Waals surface area contributed by atoms with Crippen LogP contribution < -0.4 is 5.43 Å². The Morgan fingerprint density at radius 3 is 2.61 bits per heavy atom. The second kappa shape index (κ2) is 9.14. The molecule has 3 aromatic rings. The van der Waals surface area contributed by atoms with Crippen LogP contribution in [-0.4, -0.2) is 24.7 Å². The van der Waals surface area contributed by atoms with Gasteiger partial charge in [0.15, 0.2) is 0 Å². The summed E-state index contributed by atoms with van der Waals surface area (Å²) in [5.74, 6) is 0.426. The summed E-state index contributed by atoms with van der Waals surface area (Å²) in [5, 5.41) is 3.92. The van der Waals surface area contributed by atoms with Crippen LogP contribution in [-0.2, 0) is 4.74 Å². The summed E-state index contributed by atoms with van der Waals surface area (Å²) in [6.45, 7) is 2.10. The van der Waals surface area contributed by atoms with Gasteiger partial charge < -0.3 is 9.15 Å². The Morgan fingerprint density at radius 2 is 1.89 bits per heavy atom. The molecule has 1 heterocycles. The molecule has 142 valence electrons. The Morgan fingerprint density at radius 1 is 1.11 bits per heavy atom. The average molecular weight is 441 g/mol. The summed E-state index contributed by atoms with van der Waals surface area (Å²) in [6, 6.07) is 17.5. The van der Waals surface area contributed by atoms with E-state index in [1.807, 2.05) is 6.07 Å². The Bertz CT molecular complexity index is 1010. The molecule has 0 aliphatic heterocycles. The minimum atomic E-state index is -0.359. The number of halogens is 1. The van der Waals surface area contributed by atoms with E-state index in [0.717, 1.165) is 10.0 Å². The Labute approximate surface area is 170 Å². The Hall–Kier alpha value is -3.19. The van der Waals surface area contributed by atoms with Crippen molar-refractivity contribution in [2.24, 2.45) is 5.10 Å². The molecule has 0 saturated carbocycles. The summed E-state index contributed by atoms with van der Waals surface area (Å²) in [7, 11) is 0. The first-order chi connectivity index (χ1) is 13.6. The third kappa shape index (κ3) is 4.95. The highest BCUT2D eigenvalue weighted by molar-refractivity contribution is 9.10. The van der Waals surface area contributed by atoms with Crippen LogP contribution in [0.15, 0.2) is 74.7 Å². The molecular weight excluding hydrogens is 424 g/mol. The molecule has 1 N–H and O–H groups in total. The van der Waals surface area contributed by atoms with Crippen LogP contribution in [0.1, 0.15) is 33.4 Å². The molecule has 0 aliphatic rings. The fourth-order valence-corrected chi connectivity index (χ4v) is 2.81. The third-order valence-electron chi connectivity index (χ3n) is 3.75. The van der Waals surface area contributed by atoms with E-state index < -0.39 is 0 Å². The summed E-state index contributed by atoms with van der Waals surface area (Å²) in [6.07, 6.45) is 1.42. The van der Waals surface area contributed by atoms with Crippen molar-refractivity contribution in [3.8, 4) is 11.3 Å². The standard InChI is InChI=1S/C21H17BrN2O4/c1-2-27-21(26)15-8-6-14(7-9-15)19-11-10-18(28-19)13-23-24-20(25)16-4-3-5-17(22)12-16/h3-13H,2H2,1H3,(H,24,25)/b23-13-. The van der Waals surface area contributed by atoms with Gasteiger partial charge in [-0.2, -0.15) is 5.10 Å². The summed E-state index contributed by atoms with van der Waals surface area (Å²) < 4.78 is 11.5. The number of carbonyl (C=O) groups excluding carboxylic acids is 2. The van der Waals surface area contributed by atoms with Crippen molar-refractivity contribution in [1.29, 1.82) is 0 Å². The first kappa shape index (κ1) is 19.6. The number of ether oxygens (including phenoxy) is 1. The minimum absolute atomic E-state index is 0.320. The maximum atomic E-state index is 12.0. The molecule has 2 aromatic carbocycles. The molecule has 6 nitrogen and oxygen atoms in total. The molecule has 0 unspecified atom stereocenters. The zero-order valence-electron chi connectivity index (χ0n) is 15.0. The molecular formula is C21H17BrN2O4. The van der Waals surface area contributed by atoms with Gasteiger partial charge in [0.05, 0.1) is 18.4 Å². The quantitative estimate of drug-likeness (QED) is 0.343. The van der Waals surface area contributed by atoms with E-state index in [0.29, 0.717) is 29.3 Å². The van der Waals surface area contributed by atoms with Crippen molar-refractivity contribution in [1.82, 2.24) is 5.43 Å². The van der Waals surface area contributed by atoms with Crippen LogP contribution in [0.4, 0.5) is 0 Å². The first-order valence-corrected chi connectivity index (χ1v) is 9.32. The normalized spacial score (nSPS) is 10.8. The number of hydrogen-bond acceptors (Lipinski definition) is 5. The number of hydrazone groups is 1. The fourth-order valence-electron chi connectivity index (χ4n) is 2.41. The highest BCUT2D eigenvalue weighted by atomic mass is 79.9. The largest absolute Gasteiger partial charge is 0.462 e. The van der Waals surface area contributed by atoms with Crippen LogP contribution >= 0.6 is 15.9 Å². The van der Waals surface area contributed by atoms with Gasteiger partial charge in [-0.1, -0.05) is 34.1 Å². The van der Waals surface area contributed by atoms with E-state index in [2.05, 4.69) is 26.5 Å². The molecule has 0 spiro atoms. The summed E-state index contributed by atoms with van der Waals surface area (Å²) in [5.41, 5.74) is 4.24. The monoisotopic (exact) mass is 440 g/mol. The number of carbonyl (C=O) groups is 2. The molecule has 0 saturated heterocycles. The SMILES string of the molecule is CCOC(=O)c1ccc(-c2ccc(/C=N\NC(=O)c3cccc(Br)c3)o2)cc1. The molecule has 0 atom stereocenters. The van der Waals surface area contributed by atoms with Crippen LogP contribution in [0.5, 0.6) is 0 Å². The number of furan rings is 1. The lowest BCUT2D eigenvalue weighted by Crippen LogP contribution is -2.17. The van der Waals surface area contributed by atoms with Gasteiger partial charge in [0.1, 0.15) is 11.5 Å². The van der Waals surface area contributed by atoms with E-state index in [9.17, 15) is 9.59 Å². The van der Waals surface area contributed by atoms with Crippen molar-refractivity contribution in [2.75, 3.05) is 6.61 Å². The van der Waals surface area contributed by atoms with Crippen molar-refractivity contribution in [3.63, 3.8) is 0 Å². The fraction of sp³-hybridized carbons (Fsp3) is 0.0952. The number of rotatable bonds is 6. The smallest absolute Gasteiger partial charge is 0.338 e. The van der Waals surface area contributed by atoms with Gasteiger partial charge >= 0.3 is 5.97 Å². The van der Waals surface area contributed by atoms with Gasteiger partial charge in [-0.25, -0.2) is 10.2 Å². The van der Waals surface area contributed by atoms with Crippen molar-refractivity contribution < 1.29 is 18.7 Å². The molecule has 0 aliphatic carbocycles. The van der Waals surface area contributed by atoms with Crippen LogP contribution in [0.2, 0.25) is 0 Å². The topological polar surface area (TPSA) is 80.9 Å². The first-order valence-electron chi connectivity index (χ1n) is 8.53. The summed E-state index contributed by atoms with van der Waals surface area (Å²) >= 11 is 3.32. The number of nitrogens with one attached hydrogen (secondary N) is 1. The van der Waals surface area contributed by atoms with E-state index in [1.54, 1.807) is 61.5 Å². The average Bonchev–Trinajstić information content (AvgIpc) is 3.17. The van der Waals surface area contributed by atoms with E-state index >= 15 is 0 Å². The van der Waals surface area contributed by atoms with Crippen LogP contribution in [0.3, 0.4) is 0 Å². The molecule has 28 heavy (non-hydrogen) atoms. The zero-order chi connectivity index (χ0) is 19.9. The van der Waals surface area contributed by atoms with Crippen molar-refractivity contribution in [2.45, 2.75) is 6.92 Å². The van der Waals surface area contributed by atoms with Gasteiger partial charge in [-0.05, 0) is 49.4 Å². The maximum Gasteiger partial charge on any atom is 0.338 e. The van der Waals surface area contributed by atoms with Gasteiger partial charge in [-0.15, -0.1) is 0 Å². The third-order valence-corrected chi connectivity index (χ3v) is 4.25. The highest BCUT2D eigenvalue weighted by Crippen LogP contribution is 2.22. The van der Waals surface area contributed by atoms with Crippen molar-refractivity contribution >= 4 is 34.0 Å². The van der Waals surface area contributed by atoms with Crippen LogP contribution in [0, 0.1) is 0 Å². The molecule has 0 bridgehead atoms. The highest BCUT2D eigenvalue weighted by Gasteiger charge is 2.09. The molecule has 7 heteroatoms. The lowest BCUT2D eigenvalue weighted by atomic mass is 10.1. The van der Waals surface area contributed by atoms with Gasteiger partial charge in [0.25, 0.3) is 5.91 Å². The number of nitrogens with zero attached hydrogens (tertiary/aromatic N) is 1. The Balaban J connectivity index is 1.63. The number of benzene rings is 2. The number of esters is 1. The zero-order valence-corrected chi connectivity index (χ0v) is 16.6. The maximum absolute atomic E-state index is 12.0. The molecule has 3 rings (SSSR count). The predicted octanol–water partition coefficient (Wildman–Crippen LogP) is 4.65. The number of hydrogen-bond donors (Lipinski definition) is 1. The molecule has 0 radical (unpaired) electrons. The second-order valence-electron chi connectivity index (χ2n) is 5.71. The van der Waals surface area contributed by atoms with Crippen LogP contribution in [0.25, 0.3) is 11.3 Å². The van der Waals surface area contributed by atoms with E-state index in [-0.39, 0.29) is 11.9 Å². The molecule has 1 aromatic heterocycles. The minimum Gasteiger partial charge on any atom is -0.462 e. The lowest BCUT2D eigenvalue weighted by Gasteiger charge is -2.02. The van der Waals surface area contributed by atoms with Gasteiger partial charge in [0.2, 0.25) is 0 Å². The number of amides is 1. The van der Waals surface area contributed by atoms with E-state index in [4.69, 9.17) is 9.15 Å². The van der Waals surface area contributed by atoms with E-state index in [1.165, 1.54) is 6.21 Å². The molecule has 1 amide bonds. The predicted molar refractivity (Wildman–Crippen MR) is 109 cm³/mol. The summed E-state index contributed by atoms with van der Waals surface area (Å²) in [4.78, 5) is 23.7.